The fraction of sp³-hybridized carbons (Fsp3) is 0.750. The highest BCUT2D eigenvalue weighted by Gasteiger charge is 2.45. The first-order valence-electron chi connectivity index (χ1n) is 5.90. The molecule has 1 unspecified atom stereocenters. The summed E-state index contributed by atoms with van der Waals surface area (Å²) in [6.07, 6.45) is 5.72. The molecule has 3 nitrogen and oxygen atoms in total. The minimum absolute atomic E-state index is 0.459. The van der Waals surface area contributed by atoms with Crippen LogP contribution in [0.1, 0.15) is 44.8 Å². The molecular weight excluding hydrogens is 186 g/mol. The number of nitrogens with zero attached hydrogens (tertiary/aromatic N) is 2. The van der Waals surface area contributed by atoms with Crippen molar-refractivity contribution in [3.63, 3.8) is 0 Å². The van der Waals surface area contributed by atoms with Crippen molar-refractivity contribution >= 4 is 0 Å². The van der Waals surface area contributed by atoms with Crippen LogP contribution in [0.2, 0.25) is 0 Å². The van der Waals surface area contributed by atoms with Crippen molar-refractivity contribution in [3.8, 4) is 0 Å². The summed E-state index contributed by atoms with van der Waals surface area (Å²) < 4.78 is 2.14. The van der Waals surface area contributed by atoms with Crippen molar-refractivity contribution in [1.29, 1.82) is 0 Å². The summed E-state index contributed by atoms with van der Waals surface area (Å²) in [7, 11) is 2.05. The standard InChI is InChI=1S/C12H21N3/c1-4-9-15-10(5-8-14-15)11(13-3)12(2)6-7-12/h5,8,11,13H,4,6-7,9H2,1-3H3. The molecule has 1 heterocycles. The van der Waals surface area contributed by atoms with Crippen LogP contribution in [-0.2, 0) is 6.54 Å². The molecule has 84 valence electrons. The van der Waals surface area contributed by atoms with E-state index >= 15 is 0 Å². The van der Waals surface area contributed by atoms with Crippen LogP contribution in [0.25, 0.3) is 0 Å². The lowest BCUT2D eigenvalue weighted by Crippen LogP contribution is -2.27. The monoisotopic (exact) mass is 207 g/mol. The average molecular weight is 207 g/mol. The Labute approximate surface area is 91.9 Å². The van der Waals surface area contributed by atoms with E-state index in [4.69, 9.17) is 0 Å². The summed E-state index contributed by atoms with van der Waals surface area (Å²) in [5, 5.41) is 7.84. The van der Waals surface area contributed by atoms with Gasteiger partial charge in [0, 0.05) is 12.7 Å². The highest BCUT2D eigenvalue weighted by Crippen LogP contribution is 2.54. The molecule has 1 fully saturated rings. The lowest BCUT2D eigenvalue weighted by atomic mass is 9.96. The van der Waals surface area contributed by atoms with Gasteiger partial charge >= 0.3 is 0 Å². The third-order valence-corrected chi connectivity index (χ3v) is 3.50. The maximum absolute atomic E-state index is 4.39. The summed E-state index contributed by atoms with van der Waals surface area (Å²) in [5.74, 6) is 0. The van der Waals surface area contributed by atoms with Gasteiger partial charge < -0.3 is 5.32 Å². The smallest absolute Gasteiger partial charge is 0.0559 e. The van der Waals surface area contributed by atoms with Gasteiger partial charge in [0.05, 0.1) is 11.7 Å². The van der Waals surface area contributed by atoms with E-state index in [9.17, 15) is 0 Å². The Morgan fingerprint density at radius 1 is 1.60 bits per heavy atom. The van der Waals surface area contributed by atoms with E-state index in [1.54, 1.807) is 0 Å². The third-order valence-electron chi connectivity index (χ3n) is 3.50. The van der Waals surface area contributed by atoms with Gasteiger partial charge in [0.25, 0.3) is 0 Å². The number of aryl methyl sites for hydroxylation is 1. The highest BCUT2D eigenvalue weighted by atomic mass is 15.3. The molecular formula is C12H21N3. The van der Waals surface area contributed by atoms with E-state index in [2.05, 4.69) is 42.1 Å². The van der Waals surface area contributed by atoms with Crippen molar-refractivity contribution in [3.05, 3.63) is 18.0 Å². The van der Waals surface area contributed by atoms with Crippen LogP contribution >= 0.6 is 0 Å². The molecule has 1 aliphatic rings. The number of rotatable bonds is 5. The fourth-order valence-electron chi connectivity index (χ4n) is 2.33. The van der Waals surface area contributed by atoms with E-state index < -0.39 is 0 Å². The second-order valence-corrected chi connectivity index (χ2v) is 4.85. The molecule has 1 aromatic rings. The normalized spacial score (nSPS) is 20.2. The third kappa shape index (κ3) is 1.93. The Hall–Kier alpha value is -0.830. The minimum atomic E-state index is 0.459. The second-order valence-electron chi connectivity index (χ2n) is 4.85. The minimum Gasteiger partial charge on any atom is -0.311 e. The molecule has 3 heteroatoms. The van der Waals surface area contributed by atoms with Gasteiger partial charge in [-0.3, -0.25) is 4.68 Å². The van der Waals surface area contributed by atoms with Crippen LogP contribution in [0, 0.1) is 5.41 Å². The van der Waals surface area contributed by atoms with E-state index in [1.807, 2.05) is 6.20 Å². The van der Waals surface area contributed by atoms with Crippen LogP contribution in [0.5, 0.6) is 0 Å². The number of hydrogen-bond acceptors (Lipinski definition) is 2. The predicted molar refractivity (Wildman–Crippen MR) is 61.7 cm³/mol. The largest absolute Gasteiger partial charge is 0.311 e. The molecule has 1 saturated carbocycles. The summed E-state index contributed by atoms with van der Waals surface area (Å²) in [5.41, 5.74) is 1.81. The molecule has 0 radical (unpaired) electrons. The summed E-state index contributed by atoms with van der Waals surface area (Å²) >= 11 is 0. The highest BCUT2D eigenvalue weighted by molar-refractivity contribution is 5.15. The Kier molecular flexibility index (Phi) is 2.83. The van der Waals surface area contributed by atoms with Gasteiger partial charge in [-0.1, -0.05) is 13.8 Å². The van der Waals surface area contributed by atoms with Gasteiger partial charge in [-0.15, -0.1) is 0 Å². The van der Waals surface area contributed by atoms with Gasteiger partial charge in [0.1, 0.15) is 0 Å². The lowest BCUT2D eigenvalue weighted by Gasteiger charge is -2.24. The molecule has 1 aliphatic carbocycles. The molecule has 0 aliphatic heterocycles. The molecule has 15 heavy (non-hydrogen) atoms. The van der Waals surface area contributed by atoms with Crippen LogP contribution in [-0.4, -0.2) is 16.8 Å². The van der Waals surface area contributed by atoms with Gasteiger partial charge in [0.15, 0.2) is 0 Å². The fourth-order valence-corrected chi connectivity index (χ4v) is 2.33. The average Bonchev–Trinajstić information content (AvgIpc) is 2.78. The molecule has 0 bridgehead atoms. The van der Waals surface area contributed by atoms with Crippen LogP contribution in [0.4, 0.5) is 0 Å². The van der Waals surface area contributed by atoms with E-state index in [0.29, 0.717) is 11.5 Å². The van der Waals surface area contributed by atoms with Crippen molar-refractivity contribution in [2.45, 2.75) is 45.7 Å². The summed E-state index contributed by atoms with van der Waals surface area (Å²) in [6, 6.07) is 2.62. The van der Waals surface area contributed by atoms with Crippen LogP contribution < -0.4 is 5.32 Å². The summed E-state index contributed by atoms with van der Waals surface area (Å²) in [4.78, 5) is 0. The number of nitrogens with one attached hydrogen (secondary N) is 1. The Morgan fingerprint density at radius 3 is 2.87 bits per heavy atom. The maximum Gasteiger partial charge on any atom is 0.0559 e. The molecule has 0 spiro atoms. The van der Waals surface area contributed by atoms with E-state index in [1.165, 1.54) is 18.5 Å². The van der Waals surface area contributed by atoms with Crippen molar-refractivity contribution in [2.75, 3.05) is 7.05 Å². The lowest BCUT2D eigenvalue weighted by molar-refractivity contribution is 0.361. The maximum atomic E-state index is 4.39. The molecule has 1 N–H and O–H groups in total. The topological polar surface area (TPSA) is 29.9 Å². The molecule has 1 aromatic heterocycles. The van der Waals surface area contributed by atoms with Gasteiger partial charge in [-0.05, 0) is 37.8 Å². The summed E-state index contributed by atoms with van der Waals surface area (Å²) in [6.45, 7) is 5.58. The van der Waals surface area contributed by atoms with Gasteiger partial charge in [-0.25, -0.2) is 0 Å². The quantitative estimate of drug-likeness (QED) is 0.803. The molecule has 0 saturated heterocycles. The van der Waals surface area contributed by atoms with Crippen LogP contribution in [0.3, 0.4) is 0 Å². The Balaban J connectivity index is 2.22. The Morgan fingerprint density at radius 2 is 2.33 bits per heavy atom. The van der Waals surface area contributed by atoms with E-state index in [0.717, 1.165) is 13.0 Å². The van der Waals surface area contributed by atoms with Gasteiger partial charge in [0.2, 0.25) is 0 Å². The number of aromatic nitrogens is 2. The molecule has 1 atom stereocenters. The number of hydrogen-bond donors (Lipinski definition) is 1. The zero-order valence-electron chi connectivity index (χ0n) is 9.95. The Bertz CT molecular complexity index is 325. The second kappa shape index (κ2) is 3.97. The first kappa shape index (κ1) is 10.7. The molecule has 0 aromatic carbocycles. The SMILES string of the molecule is CCCn1nccc1C(NC)C1(C)CC1. The molecule has 2 rings (SSSR count). The van der Waals surface area contributed by atoms with E-state index in [-0.39, 0.29) is 0 Å². The van der Waals surface area contributed by atoms with Crippen molar-refractivity contribution in [1.82, 2.24) is 15.1 Å². The first-order valence-corrected chi connectivity index (χ1v) is 5.90. The zero-order valence-corrected chi connectivity index (χ0v) is 9.95. The van der Waals surface area contributed by atoms with Gasteiger partial charge in [-0.2, -0.15) is 5.10 Å². The zero-order chi connectivity index (χ0) is 10.9. The molecule has 0 amide bonds. The van der Waals surface area contributed by atoms with Crippen LogP contribution in [0.15, 0.2) is 12.3 Å². The van der Waals surface area contributed by atoms with Crippen molar-refractivity contribution < 1.29 is 0 Å². The predicted octanol–water partition coefficient (Wildman–Crippen LogP) is 2.35. The first-order chi connectivity index (χ1) is 7.21. The van der Waals surface area contributed by atoms with Crippen molar-refractivity contribution in [2.24, 2.45) is 5.41 Å².